The number of fused-ring (bicyclic) bond motifs is 2. The number of hydrogen-bond acceptors (Lipinski definition) is 3. The molecule has 136 valence electrons. The molecule has 6 heteroatoms. The first-order valence-corrected chi connectivity index (χ1v) is 13.0. The summed E-state index contributed by atoms with van der Waals surface area (Å²) in [5, 5.41) is 0. The Bertz CT molecular complexity index is 897. The summed E-state index contributed by atoms with van der Waals surface area (Å²) in [7, 11) is 0.686. The zero-order valence-corrected chi connectivity index (χ0v) is 17.9. The molecule has 2 aromatic rings. The molecule has 26 heavy (non-hydrogen) atoms. The molecule has 0 bridgehead atoms. The lowest BCUT2D eigenvalue weighted by atomic mass is 10.0. The maximum absolute atomic E-state index is 13.1. The molecule has 2 aliphatic rings. The summed E-state index contributed by atoms with van der Waals surface area (Å²) in [6.07, 6.45) is 1.09. The molecular formula is C20H22BrNO3Si. The van der Waals surface area contributed by atoms with E-state index in [2.05, 4.69) is 41.2 Å². The Kier molecular flexibility index (Phi) is 4.35. The Labute approximate surface area is 163 Å². The Morgan fingerprint density at radius 1 is 1.12 bits per heavy atom. The summed E-state index contributed by atoms with van der Waals surface area (Å²) < 4.78 is 11.6. The van der Waals surface area contributed by atoms with E-state index in [1.807, 2.05) is 18.2 Å². The number of anilines is 1. The molecular weight excluding hydrogens is 410 g/mol. The fourth-order valence-electron chi connectivity index (χ4n) is 3.71. The third-order valence-electron chi connectivity index (χ3n) is 5.30. The molecule has 0 radical (unpaired) electrons. The monoisotopic (exact) mass is 431 g/mol. The normalized spacial score (nSPS) is 16.9. The summed E-state index contributed by atoms with van der Waals surface area (Å²) in [5.74, 6) is 1.34. The standard InChI is InChI=1S/C20H22BrNO3Si/c1-22(17-10-19-18(9-16(17)21)24-12-25-19)20(23)14-4-5-15-11-26(2,3)7-6-13(15)8-14/h4-5,8-10H,6-7,11-12H2,1-3H3. The second kappa shape index (κ2) is 6.42. The topological polar surface area (TPSA) is 38.8 Å². The highest BCUT2D eigenvalue weighted by atomic mass is 79.9. The lowest BCUT2D eigenvalue weighted by molar-refractivity contribution is 0.0993. The average Bonchev–Trinajstić information content (AvgIpc) is 3.05. The Morgan fingerprint density at radius 3 is 2.62 bits per heavy atom. The Hall–Kier alpha value is -1.79. The first-order chi connectivity index (χ1) is 12.3. The molecule has 0 N–H and O–H groups in total. The van der Waals surface area contributed by atoms with E-state index in [0.29, 0.717) is 11.5 Å². The molecule has 0 aliphatic carbocycles. The van der Waals surface area contributed by atoms with Crippen LogP contribution >= 0.6 is 15.9 Å². The van der Waals surface area contributed by atoms with Crippen LogP contribution in [0.15, 0.2) is 34.8 Å². The van der Waals surface area contributed by atoms with Crippen molar-refractivity contribution in [1.29, 1.82) is 0 Å². The van der Waals surface area contributed by atoms with Crippen molar-refractivity contribution in [2.45, 2.75) is 31.6 Å². The van der Waals surface area contributed by atoms with Gasteiger partial charge in [0.25, 0.3) is 5.91 Å². The van der Waals surface area contributed by atoms with E-state index in [4.69, 9.17) is 9.47 Å². The first kappa shape index (κ1) is 17.6. The van der Waals surface area contributed by atoms with Crippen LogP contribution in [0.5, 0.6) is 11.5 Å². The van der Waals surface area contributed by atoms with E-state index in [9.17, 15) is 4.79 Å². The van der Waals surface area contributed by atoms with Gasteiger partial charge in [-0.1, -0.05) is 25.2 Å². The Morgan fingerprint density at radius 2 is 1.85 bits per heavy atom. The smallest absolute Gasteiger partial charge is 0.258 e. The molecule has 0 unspecified atom stereocenters. The molecule has 2 heterocycles. The molecule has 0 atom stereocenters. The van der Waals surface area contributed by atoms with Gasteiger partial charge in [-0.25, -0.2) is 0 Å². The lowest BCUT2D eigenvalue weighted by Gasteiger charge is -2.30. The maximum atomic E-state index is 13.1. The van der Waals surface area contributed by atoms with Crippen molar-refractivity contribution in [1.82, 2.24) is 0 Å². The van der Waals surface area contributed by atoms with Crippen molar-refractivity contribution in [2.75, 3.05) is 18.7 Å². The Balaban J connectivity index is 1.62. The predicted octanol–water partition coefficient (Wildman–Crippen LogP) is 4.80. The summed E-state index contributed by atoms with van der Waals surface area (Å²) in [6.45, 7) is 5.10. The average molecular weight is 432 g/mol. The highest BCUT2D eigenvalue weighted by Crippen LogP contribution is 2.41. The van der Waals surface area contributed by atoms with Crippen LogP contribution in [0.3, 0.4) is 0 Å². The third-order valence-corrected chi connectivity index (χ3v) is 8.88. The number of nitrogens with zero attached hydrogens (tertiary/aromatic N) is 1. The van der Waals surface area contributed by atoms with E-state index in [-0.39, 0.29) is 12.7 Å². The molecule has 2 aromatic carbocycles. The van der Waals surface area contributed by atoms with Crippen LogP contribution in [0.1, 0.15) is 21.5 Å². The SMILES string of the molecule is CN(C(=O)c1ccc2c(c1)CC[Si](C)(C)C2)c1cc2c(cc1Br)OCO2. The second-order valence-electron chi connectivity index (χ2n) is 7.85. The number of carbonyl (C=O) groups is 1. The van der Waals surface area contributed by atoms with Gasteiger partial charge < -0.3 is 14.4 Å². The molecule has 0 fully saturated rings. The van der Waals surface area contributed by atoms with Crippen LogP contribution < -0.4 is 14.4 Å². The maximum Gasteiger partial charge on any atom is 0.258 e. The summed E-state index contributed by atoms with van der Waals surface area (Å²) in [4.78, 5) is 14.7. The quantitative estimate of drug-likeness (QED) is 0.640. The molecule has 4 rings (SSSR count). The number of carbonyl (C=O) groups excluding carboxylic acids is 1. The zero-order chi connectivity index (χ0) is 18.5. The molecule has 4 nitrogen and oxygen atoms in total. The molecule has 2 aliphatic heterocycles. The van der Waals surface area contributed by atoms with Gasteiger partial charge in [-0.2, -0.15) is 0 Å². The van der Waals surface area contributed by atoms with Gasteiger partial charge >= 0.3 is 0 Å². The van der Waals surface area contributed by atoms with E-state index in [0.717, 1.165) is 22.1 Å². The summed E-state index contributed by atoms with van der Waals surface area (Å²) >= 11 is 3.54. The molecule has 0 saturated heterocycles. The van der Waals surface area contributed by atoms with Crippen molar-refractivity contribution in [3.05, 3.63) is 51.5 Å². The molecule has 0 aromatic heterocycles. The van der Waals surface area contributed by atoms with E-state index in [1.165, 1.54) is 23.2 Å². The molecule has 0 spiro atoms. The van der Waals surface area contributed by atoms with Gasteiger partial charge in [0.15, 0.2) is 11.5 Å². The van der Waals surface area contributed by atoms with Crippen molar-refractivity contribution >= 4 is 35.6 Å². The van der Waals surface area contributed by atoms with Gasteiger partial charge in [0.2, 0.25) is 6.79 Å². The van der Waals surface area contributed by atoms with Crippen molar-refractivity contribution in [3.63, 3.8) is 0 Å². The number of amides is 1. The molecule has 1 amide bonds. The predicted molar refractivity (Wildman–Crippen MR) is 109 cm³/mol. The van der Waals surface area contributed by atoms with E-state index in [1.54, 1.807) is 11.9 Å². The first-order valence-electron chi connectivity index (χ1n) is 8.83. The number of halogens is 1. The highest BCUT2D eigenvalue weighted by Gasteiger charge is 2.28. The van der Waals surface area contributed by atoms with Gasteiger partial charge in [0.1, 0.15) is 0 Å². The van der Waals surface area contributed by atoms with Crippen LogP contribution in [-0.2, 0) is 12.5 Å². The van der Waals surface area contributed by atoms with Crippen LogP contribution in [0.25, 0.3) is 0 Å². The van der Waals surface area contributed by atoms with Crippen molar-refractivity contribution in [3.8, 4) is 11.5 Å². The van der Waals surface area contributed by atoms with Crippen LogP contribution in [0, 0.1) is 0 Å². The molecule has 0 saturated carbocycles. The number of hydrogen-bond donors (Lipinski definition) is 0. The number of ether oxygens (including phenoxy) is 2. The van der Waals surface area contributed by atoms with Crippen molar-refractivity contribution in [2.24, 2.45) is 0 Å². The van der Waals surface area contributed by atoms with Gasteiger partial charge in [0, 0.05) is 29.2 Å². The van der Waals surface area contributed by atoms with Crippen LogP contribution in [0.4, 0.5) is 5.69 Å². The number of benzene rings is 2. The van der Waals surface area contributed by atoms with E-state index >= 15 is 0 Å². The minimum absolute atomic E-state index is 0.0190. The summed E-state index contributed by atoms with van der Waals surface area (Å²) in [5.41, 5.74) is 4.26. The third kappa shape index (κ3) is 3.16. The van der Waals surface area contributed by atoms with Gasteiger partial charge in [-0.3, -0.25) is 4.79 Å². The highest BCUT2D eigenvalue weighted by molar-refractivity contribution is 9.10. The van der Waals surface area contributed by atoms with Crippen LogP contribution in [0.2, 0.25) is 19.1 Å². The minimum Gasteiger partial charge on any atom is -0.454 e. The lowest BCUT2D eigenvalue weighted by Crippen LogP contribution is -2.34. The van der Waals surface area contributed by atoms with Gasteiger partial charge in [0.05, 0.1) is 13.8 Å². The zero-order valence-electron chi connectivity index (χ0n) is 15.3. The van der Waals surface area contributed by atoms with Crippen LogP contribution in [-0.4, -0.2) is 27.8 Å². The largest absolute Gasteiger partial charge is 0.454 e. The van der Waals surface area contributed by atoms with Gasteiger partial charge in [-0.05, 0) is 51.7 Å². The van der Waals surface area contributed by atoms with Gasteiger partial charge in [-0.15, -0.1) is 0 Å². The fraction of sp³-hybridized carbons (Fsp3) is 0.350. The number of aryl methyl sites for hydroxylation is 1. The number of rotatable bonds is 2. The minimum atomic E-state index is -1.11. The fourth-order valence-corrected chi connectivity index (χ4v) is 6.79. The summed E-state index contributed by atoms with van der Waals surface area (Å²) in [6, 6.07) is 12.4. The van der Waals surface area contributed by atoms with E-state index < -0.39 is 8.07 Å². The second-order valence-corrected chi connectivity index (χ2v) is 13.9. The van der Waals surface area contributed by atoms with Crippen molar-refractivity contribution < 1.29 is 14.3 Å².